The summed E-state index contributed by atoms with van der Waals surface area (Å²) < 4.78 is 0. The smallest absolute Gasteiger partial charge is 0.223 e. The fourth-order valence-electron chi connectivity index (χ4n) is 2.71. The molecule has 1 amide bonds. The van der Waals surface area contributed by atoms with Crippen LogP contribution in [0.5, 0.6) is 0 Å². The standard InChI is InChI=1S/C16H23ClN2O.ClH/c1-16(2,12-4-6-13(17)7-5-12)10-19-15(20)11-3-8-14(18)9-11;/h4-7,11,14H,3,8-10,18H2,1-2H3,(H,19,20);1H. The van der Waals surface area contributed by atoms with Crippen LogP contribution in [0.3, 0.4) is 0 Å². The Morgan fingerprint density at radius 1 is 1.33 bits per heavy atom. The number of nitrogens with two attached hydrogens (primary N) is 1. The van der Waals surface area contributed by atoms with Crippen LogP contribution in [0.15, 0.2) is 24.3 Å². The van der Waals surface area contributed by atoms with Gasteiger partial charge in [0.25, 0.3) is 0 Å². The monoisotopic (exact) mass is 330 g/mol. The van der Waals surface area contributed by atoms with Crippen LogP contribution in [0.2, 0.25) is 5.02 Å². The molecule has 118 valence electrons. The van der Waals surface area contributed by atoms with E-state index in [0.717, 1.165) is 24.3 Å². The molecule has 0 aromatic heterocycles. The van der Waals surface area contributed by atoms with E-state index < -0.39 is 0 Å². The first-order chi connectivity index (χ1) is 9.38. The van der Waals surface area contributed by atoms with E-state index in [4.69, 9.17) is 17.3 Å². The maximum absolute atomic E-state index is 12.1. The van der Waals surface area contributed by atoms with E-state index in [1.165, 1.54) is 5.56 Å². The van der Waals surface area contributed by atoms with Crippen LogP contribution in [-0.2, 0) is 10.2 Å². The lowest BCUT2D eigenvalue weighted by molar-refractivity contribution is -0.125. The number of carbonyl (C=O) groups is 1. The topological polar surface area (TPSA) is 55.1 Å². The maximum Gasteiger partial charge on any atom is 0.223 e. The Labute approximate surface area is 138 Å². The fraction of sp³-hybridized carbons (Fsp3) is 0.562. The van der Waals surface area contributed by atoms with Crippen molar-refractivity contribution >= 4 is 29.9 Å². The van der Waals surface area contributed by atoms with Crippen molar-refractivity contribution in [1.29, 1.82) is 0 Å². The molecule has 5 heteroatoms. The predicted molar refractivity (Wildman–Crippen MR) is 90.1 cm³/mol. The van der Waals surface area contributed by atoms with Gasteiger partial charge in [-0.05, 0) is 37.0 Å². The summed E-state index contributed by atoms with van der Waals surface area (Å²) in [5.74, 6) is 0.228. The third-order valence-electron chi connectivity index (χ3n) is 4.17. The highest BCUT2D eigenvalue weighted by Gasteiger charge is 2.29. The Bertz CT molecular complexity index is 474. The zero-order valence-corrected chi connectivity index (χ0v) is 14.1. The molecule has 1 aliphatic carbocycles. The van der Waals surface area contributed by atoms with E-state index in [1.54, 1.807) is 0 Å². The molecule has 0 bridgehead atoms. The number of benzene rings is 1. The number of amides is 1. The molecule has 2 unspecified atom stereocenters. The van der Waals surface area contributed by atoms with Crippen LogP contribution < -0.4 is 11.1 Å². The lowest BCUT2D eigenvalue weighted by Crippen LogP contribution is -2.39. The number of rotatable bonds is 4. The fourth-order valence-corrected chi connectivity index (χ4v) is 2.84. The average molecular weight is 331 g/mol. The Balaban J connectivity index is 0.00000220. The molecule has 1 saturated carbocycles. The summed E-state index contributed by atoms with van der Waals surface area (Å²) in [7, 11) is 0. The number of nitrogens with one attached hydrogen (secondary N) is 1. The molecule has 3 N–H and O–H groups in total. The highest BCUT2D eigenvalue weighted by Crippen LogP contribution is 2.26. The van der Waals surface area contributed by atoms with Gasteiger partial charge in [0.1, 0.15) is 0 Å². The average Bonchev–Trinajstić information content (AvgIpc) is 2.83. The lowest BCUT2D eigenvalue weighted by Gasteiger charge is -2.26. The Hall–Kier alpha value is -0.770. The van der Waals surface area contributed by atoms with Crippen molar-refractivity contribution in [2.24, 2.45) is 11.7 Å². The minimum atomic E-state index is -0.110. The SMILES string of the molecule is CC(C)(CNC(=O)C1CCC(N)C1)c1ccc(Cl)cc1.Cl. The molecule has 3 nitrogen and oxygen atoms in total. The van der Waals surface area contributed by atoms with E-state index in [2.05, 4.69) is 19.2 Å². The highest BCUT2D eigenvalue weighted by molar-refractivity contribution is 6.30. The molecule has 2 atom stereocenters. The summed E-state index contributed by atoms with van der Waals surface area (Å²) in [6.07, 6.45) is 2.68. The zero-order chi connectivity index (χ0) is 14.8. The summed E-state index contributed by atoms with van der Waals surface area (Å²) in [5, 5.41) is 3.80. The second kappa shape index (κ2) is 7.48. The number of halogens is 2. The summed E-state index contributed by atoms with van der Waals surface area (Å²) in [4.78, 5) is 12.1. The maximum atomic E-state index is 12.1. The molecule has 2 rings (SSSR count). The quantitative estimate of drug-likeness (QED) is 0.890. The molecule has 0 radical (unpaired) electrons. The lowest BCUT2D eigenvalue weighted by atomic mass is 9.84. The van der Waals surface area contributed by atoms with Gasteiger partial charge in [0.2, 0.25) is 5.91 Å². The van der Waals surface area contributed by atoms with Gasteiger partial charge in [-0.15, -0.1) is 12.4 Å². The van der Waals surface area contributed by atoms with Gasteiger partial charge in [-0.25, -0.2) is 0 Å². The van der Waals surface area contributed by atoms with E-state index in [1.807, 2.05) is 24.3 Å². The summed E-state index contributed by atoms with van der Waals surface area (Å²) >= 11 is 5.91. The second-order valence-corrected chi connectivity index (χ2v) is 6.82. The summed E-state index contributed by atoms with van der Waals surface area (Å²) in [6, 6.07) is 7.99. The van der Waals surface area contributed by atoms with Crippen molar-refractivity contribution in [1.82, 2.24) is 5.32 Å². The molecule has 0 aliphatic heterocycles. The number of hydrogen-bond donors (Lipinski definition) is 2. The van der Waals surface area contributed by atoms with Crippen LogP contribution in [0, 0.1) is 5.92 Å². The van der Waals surface area contributed by atoms with E-state index >= 15 is 0 Å². The minimum Gasteiger partial charge on any atom is -0.355 e. The summed E-state index contributed by atoms with van der Waals surface area (Å²) in [6.45, 7) is 4.87. The van der Waals surface area contributed by atoms with E-state index in [9.17, 15) is 4.79 Å². The first-order valence-corrected chi connectivity index (χ1v) is 7.55. The second-order valence-electron chi connectivity index (χ2n) is 6.38. The van der Waals surface area contributed by atoms with Crippen LogP contribution in [0.1, 0.15) is 38.7 Å². The van der Waals surface area contributed by atoms with Gasteiger partial charge < -0.3 is 11.1 Å². The van der Waals surface area contributed by atoms with Crippen molar-refractivity contribution in [3.63, 3.8) is 0 Å². The van der Waals surface area contributed by atoms with Gasteiger partial charge in [0.15, 0.2) is 0 Å². The molecule has 1 aromatic rings. The van der Waals surface area contributed by atoms with E-state index in [-0.39, 0.29) is 35.7 Å². The molecule has 21 heavy (non-hydrogen) atoms. The van der Waals surface area contributed by atoms with Crippen molar-refractivity contribution in [2.45, 2.75) is 44.6 Å². The van der Waals surface area contributed by atoms with Crippen molar-refractivity contribution in [3.8, 4) is 0 Å². The summed E-state index contributed by atoms with van der Waals surface area (Å²) in [5.41, 5.74) is 6.92. The highest BCUT2D eigenvalue weighted by atomic mass is 35.5. The molecular formula is C16H24Cl2N2O. The third-order valence-corrected chi connectivity index (χ3v) is 4.43. The van der Waals surface area contributed by atoms with Gasteiger partial charge in [-0.1, -0.05) is 37.6 Å². The zero-order valence-electron chi connectivity index (χ0n) is 12.6. The van der Waals surface area contributed by atoms with Crippen LogP contribution in [0.4, 0.5) is 0 Å². The predicted octanol–water partition coefficient (Wildman–Crippen LogP) is 3.28. The molecule has 1 fully saturated rings. The molecular weight excluding hydrogens is 307 g/mol. The van der Waals surface area contributed by atoms with Gasteiger partial charge in [-0.3, -0.25) is 4.79 Å². The van der Waals surface area contributed by atoms with Crippen molar-refractivity contribution < 1.29 is 4.79 Å². The largest absolute Gasteiger partial charge is 0.355 e. The third kappa shape index (κ3) is 4.87. The Morgan fingerprint density at radius 3 is 2.48 bits per heavy atom. The van der Waals surface area contributed by atoms with Crippen molar-refractivity contribution in [3.05, 3.63) is 34.9 Å². The molecule has 0 heterocycles. The van der Waals surface area contributed by atoms with Gasteiger partial charge >= 0.3 is 0 Å². The molecule has 1 aliphatic rings. The van der Waals surface area contributed by atoms with Gasteiger partial charge in [0.05, 0.1) is 0 Å². The number of carbonyl (C=O) groups excluding carboxylic acids is 1. The molecule has 1 aromatic carbocycles. The van der Waals surface area contributed by atoms with Crippen molar-refractivity contribution in [2.75, 3.05) is 6.54 Å². The van der Waals surface area contributed by atoms with Crippen LogP contribution >= 0.6 is 24.0 Å². The minimum absolute atomic E-state index is 0. The molecule has 0 spiro atoms. The Morgan fingerprint density at radius 2 is 1.95 bits per heavy atom. The van der Waals surface area contributed by atoms with Crippen LogP contribution in [-0.4, -0.2) is 18.5 Å². The van der Waals surface area contributed by atoms with Gasteiger partial charge in [0, 0.05) is 28.9 Å². The normalized spacial score (nSPS) is 21.7. The van der Waals surface area contributed by atoms with Gasteiger partial charge in [-0.2, -0.15) is 0 Å². The number of hydrogen-bond acceptors (Lipinski definition) is 2. The first-order valence-electron chi connectivity index (χ1n) is 7.18. The Kier molecular flexibility index (Phi) is 6.51. The van der Waals surface area contributed by atoms with E-state index in [0.29, 0.717) is 6.54 Å². The first kappa shape index (κ1) is 18.3. The van der Waals surface area contributed by atoms with Crippen LogP contribution in [0.25, 0.3) is 0 Å². The molecule has 0 saturated heterocycles.